The number of rotatable bonds is 9. The second-order valence-corrected chi connectivity index (χ2v) is 15.9. The minimum absolute atomic E-state index is 0.00237. The van der Waals surface area contributed by atoms with Crippen LogP contribution in [0.15, 0.2) is 77.6 Å². The Morgan fingerprint density at radius 3 is 2.52 bits per heavy atom. The van der Waals surface area contributed by atoms with Gasteiger partial charge in [0.1, 0.15) is 30.6 Å². The Hall–Kier alpha value is -6.07. The van der Waals surface area contributed by atoms with Crippen LogP contribution in [0.1, 0.15) is 48.8 Å². The predicted octanol–water partition coefficient (Wildman–Crippen LogP) is 3.19. The monoisotopic (exact) mass is 783 g/mol. The molecule has 0 radical (unpaired) electrons. The molecule has 4 heterocycles. The molecule has 3 N–H and O–H groups in total. The first-order valence-electron chi connectivity index (χ1n) is 18.2. The molecule has 5 aromatic rings. The summed E-state index contributed by atoms with van der Waals surface area (Å²) in [6.07, 6.45) is 2.12. The molecule has 3 aliphatic rings. The molecule has 3 saturated heterocycles. The van der Waals surface area contributed by atoms with Gasteiger partial charge in [-0.05, 0) is 84.6 Å². The molecule has 1 unspecified atom stereocenters. The molecule has 1 aromatic heterocycles. The minimum atomic E-state index is -4.35. The number of aromatic nitrogens is 2. The molecule has 0 bridgehead atoms. The van der Waals surface area contributed by atoms with Gasteiger partial charge in [-0.25, -0.2) is 18.2 Å². The Balaban J connectivity index is 0.990. The molecule has 0 spiro atoms. The number of anilines is 2. The van der Waals surface area contributed by atoms with Crippen LogP contribution < -0.4 is 30.1 Å². The quantitative estimate of drug-likeness (QED) is 0.189. The van der Waals surface area contributed by atoms with Crippen molar-refractivity contribution in [1.29, 1.82) is 0 Å². The standard InChI is InChI=1S/C39H38FN7O8S/c1-44-31-17-24(9-12-29(31)47(39(44)52)30-13-14-33(48)42-38(30)51)25-8-5-15-45(19-25)20-34(49)41-27-10-11-28-26(16-27)18-32(55-22-23-6-3-2-4-7-23)37(36(28)40)46-21-35(50)43-56(46,53)54/h2-4,6-7,9-12,16-18,25,30H,5,8,13-15,19-22H2,1H3,(H,41,49)(H,43,50)(H,42,48,51)/t25-,30?/m0/s1. The van der Waals surface area contributed by atoms with Gasteiger partial charge in [0.25, 0.3) is 5.91 Å². The van der Waals surface area contributed by atoms with Gasteiger partial charge in [0.05, 0.1) is 17.6 Å². The van der Waals surface area contributed by atoms with Gasteiger partial charge in [-0.2, -0.15) is 8.42 Å². The van der Waals surface area contributed by atoms with Gasteiger partial charge >= 0.3 is 15.9 Å². The van der Waals surface area contributed by atoms with Crippen molar-refractivity contribution in [3.63, 3.8) is 0 Å². The highest BCUT2D eigenvalue weighted by molar-refractivity contribution is 7.92. The molecule has 0 aliphatic carbocycles. The van der Waals surface area contributed by atoms with Crippen molar-refractivity contribution < 1.29 is 36.7 Å². The van der Waals surface area contributed by atoms with E-state index in [1.807, 2.05) is 41.1 Å². The smallest absolute Gasteiger partial charge is 0.329 e. The van der Waals surface area contributed by atoms with E-state index in [2.05, 4.69) is 15.5 Å². The number of amides is 4. The van der Waals surface area contributed by atoms with Crippen LogP contribution in [0.5, 0.6) is 5.75 Å². The van der Waals surface area contributed by atoms with Gasteiger partial charge in [-0.15, -0.1) is 0 Å². The molecule has 3 aliphatic heterocycles. The summed E-state index contributed by atoms with van der Waals surface area (Å²) < 4.78 is 53.2. The largest absolute Gasteiger partial charge is 0.487 e. The van der Waals surface area contributed by atoms with Crippen LogP contribution in [0.25, 0.3) is 21.8 Å². The number of ether oxygens (including phenoxy) is 1. The predicted molar refractivity (Wildman–Crippen MR) is 205 cm³/mol. The fourth-order valence-corrected chi connectivity index (χ4v) is 9.03. The fraction of sp³-hybridized carbons (Fsp3) is 0.308. The number of halogens is 1. The van der Waals surface area contributed by atoms with Gasteiger partial charge in [-0.3, -0.25) is 38.5 Å². The summed E-state index contributed by atoms with van der Waals surface area (Å²) >= 11 is 0. The number of benzene rings is 4. The van der Waals surface area contributed by atoms with Crippen molar-refractivity contribution in [2.24, 2.45) is 7.05 Å². The van der Waals surface area contributed by atoms with E-state index in [0.717, 1.165) is 24.0 Å². The lowest BCUT2D eigenvalue weighted by molar-refractivity contribution is -0.135. The lowest BCUT2D eigenvalue weighted by atomic mass is 9.90. The van der Waals surface area contributed by atoms with Crippen molar-refractivity contribution in [1.82, 2.24) is 24.1 Å². The number of hydrogen-bond acceptors (Lipinski definition) is 9. The molecule has 290 valence electrons. The summed E-state index contributed by atoms with van der Waals surface area (Å²) in [5.41, 5.74) is 2.71. The summed E-state index contributed by atoms with van der Waals surface area (Å²) in [4.78, 5) is 65.1. The third-order valence-electron chi connectivity index (χ3n) is 10.6. The molecule has 56 heavy (non-hydrogen) atoms. The van der Waals surface area contributed by atoms with E-state index in [0.29, 0.717) is 39.5 Å². The molecular weight excluding hydrogens is 746 g/mol. The number of nitrogens with one attached hydrogen (secondary N) is 3. The van der Waals surface area contributed by atoms with Crippen LogP contribution in [0.3, 0.4) is 0 Å². The molecule has 15 nitrogen and oxygen atoms in total. The topological polar surface area (TPSA) is 181 Å². The third kappa shape index (κ3) is 6.99. The van der Waals surface area contributed by atoms with Gasteiger partial charge < -0.3 is 10.1 Å². The zero-order chi connectivity index (χ0) is 39.3. The first-order chi connectivity index (χ1) is 26.9. The zero-order valence-electron chi connectivity index (χ0n) is 30.3. The van der Waals surface area contributed by atoms with E-state index in [9.17, 15) is 32.4 Å². The number of carbonyl (C=O) groups excluding carboxylic acids is 4. The van der Waals surface area contributed by atoms with Crippen LogP contribution in [-0.4, -0.2) is 72.3 Å². The number of imide groups is 1. The molecule has 8 rings (SSSR count). The van der Waals surface area contributed by atoms with Crippen LogP contribution in [0.4, 0.5) is 15.8 Å². The normalized spacial score (nSPS) is 20.0. The number of piperidine rings is 2. The highest BCUT2D eigenvalue weighted by atomic mass is 32.2. The van der Waals surface area contributed by atoms with E-state index in [1.165, 1.54) is 27.3 Å². The van der Waals surface area contributed by atoms with E-state index in [-0.39, 0.29) is 60.6 Å². The number of likely N-dealkylation sites (tertiary alicyclic amines) is 1. The highest BCUT2D eigenvalue weighted by Crippen LogP contribution is 2.40. The van der Waals surface area contributed by atoms with E-state index >= 15 is 4.39 Å². The summed E-state index contributed by atoms with van der Waals surface area (Å²) in [7, 11) is -2.69. The molecule has 4 aromatic carbocycles. The second kappa shape index (κ2) is 14.5. The Labute approximate surface area is 320 Å². The molecule has 0 saturated carbocycles. The van der Waals surface area contributed by atoms with Crippen molar-refractivity contribution in [3.8, 4) is 5.75 Å². The Morgan fingerprint density at radius 1 is 0.964 bits per heavy atom. The van der Waals surface area contributed by atoms with Crippen LogP contribution in [-0.2, 0) is 43.0 Å². The molecule has 2 atom stereocenters. The van der Waals surface area contributed by atoms with E-state index in [1.54, 1.807) is 25.2 Å². The number of aryl methyl sites for hydroxylation is 1. The first kappa shape index (κ1) is 36.9. The van der Waals surface area contributed by atoms with Gasteiger partial charge in [-0.1, -0.05) is 36.4 Å². The van der Waals surface area contributed by atoms with E-state index in [4.69, 9.17) is 4.74 Å². The maximum atomic E-state index is 16.2. The van der Waals surface area contributed by atoms with Crippen LogP contribution in [0, 0.1) is 5.82 Å². The lowest BCUT2D eigenvalue weighted by Crippen LogP contribution is -2.44. The van der Waals surface area contributed by atoms with Crippen molar-refractivity contribution in [2.75, 3.05) is 35.8 Å². The molecule has 4 amide bonds. The van der Waals surface area contributed by atoms with Crippen molar-refractivity contribution in [2.45, 2.75) is 44.2 Å². The number of fused-ring (bicyclic) bond motifs is 2. The number of imidazole rings is 1. The van der Waals surface area contributed by atoms with Gasteiger partial charge in [0.2, 0.25) is 17.7 Å². The van der Waals surface area contributed by atoms with Gasteiger partial charge in [0, 0.05) is 31.1 Å². The number of carbonyl (C=O) groups is 4. The van der Waals surface area contributed by atoms with Gasteiger partial charge in [0.15, 0.2) is 5.82 Å². The summed E-state index contributed by atoms with van der Waals surface area (Å²) in [6, 6.07) is 20.1. The summed E-state index contributed by atoms with van der Waals surface area (Å²) in [5, 5.41) is 5.64. The Kier molecular flexibility index (Phi) is 9.58. The zero-order valence-corrected chi connectivity index (χ0v) is 31.1. The molecule has 17 heteroatoms. The average molecular weight is 784 g/mol. The maximum absolute atomic E-state index is 16.2. The second-order valence-electron chi connectivity index (χ2n) is 14.3. The maximum Gasteiger partial charge on any atom is 0.329 e. The number of hydrogen-bond donors (Lipinski definition) is 3. The Bertz CT molecular complexity index is 2610. The Morgan fingerprint density at radius 2 is 1.77 bits per heavy atom. The van der Waals surface area contributed by atoms with Crippen LogP contribution in [0.2, 0.25) is 0 Å². The highest BCUT2D eigenvalue weighted by Gasteiger charge is 2.38. The molecule has 3 fully saturated rings. The van der Waals surface area contributed by atoms with E-state index < -0.39 is 46.1 Å². The van der Waals surface area contributed by atoms with Crippen molar-refractivity contribution in [3.05, 3.63) is 100 Å². The van der Waals surface area contributed by atoms with Crippen molar-refractivity contribution >= 4 is 67.0 Å². The summed E-state index contributed by atoms with van der Waals surface area (Å²) in [6.45, 7) is 0.771. The lowest BCUT2D eigenvalue weighted by Gasteiger charge is -2.32. The SMILES string of the molecule is Cn1c(=O)n(C2CCC(=O)NC2=O)c2ccc([C@H]3CCCN(CC(=O)Nc4ccc5c(F)c(N6CC(=O)NS6(=O)=O)c(OCc6ccccc6)cc5c4)C3)cc21. The third-order valence-corrected chi connectivity index (χ3v) is 12.0. The summed E-state index contributed by atoms with van der Waals surface area (Å²) in [5.74, 6) is -2.83. The van der Waals surface area contributed by atoms with Crippen LogP contribution >= 0.6 is 0 Å². The molecular formula is C39H38FN7O8S. The first-order valence-corrected chi connectivity index (χ1v) is 19.6. The average Bonchev–Trinajstić information content (AvgIpc) is 3.58. The fourth-order valence-electron chi connectivity index (χ4n) is 7.87. The number of nitrogens with zero attached hydrogens (tertiary/aromatic N) is 4. The minimum Gasteiger partial charge on any atom is -0.487 e.